The molecule has 2 atom stereocenters. The Balaban J connectivity index is 2.12. The lowest BCUT2D eigenvalue weighted by molar-refractivity contribution is -0.0333. The van der Waals surface area contributed by atoms with Crippen LogP contribution in [0.2, 0.25) is 5.02 Å². The number of benzene rings is 1. The number of hydrogen-bond donors (Lipinski definition) is 1. The van der Waals surface area contributed by atoms with Crippen LogP contribution in [0.1, 0.15) is 18.5 Å². The van der Waals surface area contributed by atoms with Gasteiger partial charge in [0.05, 0.1) is 12.7 Å². The Morgan fingerprint density at radius 2 is 2.18 bits per heavy atom. The molecule has 1 saturated heterocycles. The number of nitrogens with zero attached hydrogens (tertiary/aromatic N) is 1. The summed E-state index contributed by atoms with van der Waals surface area (Å²) in [5, 5.41) is 0.764. The Morgan fingerprint density at radius 3 is 2.76 bits per heavy atom. The molecule has 2 unspecified atom stereocenters. The Bertz CT molecular complexity index is 355. The van der Waals surface area contributed by atoms with Crippen LogP contribution in [0.4, 0.5) is 0 Å². The summed E-state index contributed by atoms with van der Waals surface area (Å²) in [6.07, 6.45) is 0.283. The molecule has 0 saturated carbocycles. The van der Waals surface area contributed by atoms with E-state index in [1.165, 1.54) is 5.56 Å². The second-order valence-electron chi connectivity index (χ2n) is 4.48. The lowest BCUT2D eigenvalue weighted by Gasteiger charge is -2.37. The van der Waals surface area contributed by atoms with Crippen molar-refractivity contribution in [1.82, 2.24) is 4.90 Å². The van der Waals surface area contributed by atoms with Crippen LogP contribution in [0.3, 0.4) is 0 Å². The van der Waals surface area contributed by atoms with Crippen molar-refractivity contribution in [2.45, 2.75) is 19.1 Å². The molecule has 0 aromatic heterocycles. The van der Waals surface area contributed by atoms with Crippen molar-refractivity contribution in [3.63, 3.8) is 0 Å². The van der Waals surface area contributed by atoms with E-state index in [9.17, 15) is 0 Å². The van der Waals surface area contributed by atoms with E-state index in [1.807, 2.05) is 12.1 Å². The average Bonchev–Trinajstić information content (AvgIpc) is 2.33. The summed E-state index contributed by atoms with van der Waals surface area (Å²) < 4.78 is 5.55. The van der Waals surface area contributed by atoms with Crippen molar-refractivity contribution in [2.24, 2.45) is 5.73 Å². The van der Waals surface area contributed by atoms with Crippen LogP contribution < -0.4 is 5.73 Å². The Morgan fingerprint density at radius 1 is 1.47 bits per heavy atom. The van der Waals surface area contributed by atoms with Crippen molar-refractivity contribution in [3.05, 3.63) is 34.9 Å². The topological polar surface area (TPSA) is 38.5 Å². The lowest BCUT2D eigenvalue weighted by Crippen LogP contribution is -2.45. The predicted molar refractivity (Wildman–Crippen MR) is 70.2 cm³/mol. The molecule has 1 aliphatic rings. The molecule has 1 fully saturated rings. The highest BCUT2D eigenvalue weighted by molar-refractivity contribution is 6.30. The lowest BCUT2D eigenvalue weighted by atomic mass is 10.0. The number of ether oxygens (including phenoxy) is 1. The van der Waals surface area contributed by atoms with Gasteiger partial charge in [-0.3, -0.25) is 4.90 Å². The van der Waals surface area contributed by atoms with E-state index in [-0.39, 0.29) is 12.1 Å². The normalized spacial score (nSPS) is 23.6. The van der Waals surface area contributed by atoms with E-state index in [0.29, 0.717) is 6.54 Å². The molecule has 0 spiro atoms. The number of nitrogens with two attached hydrogens (primary N) is 1. The zero-order valence-electron chi connectivity index (χ0n) is 10.1. The molecule has 2 rings (SSSR count). The number of halogens is 1. The molecule has 4 heteroatoms. The summed E-state index contributed by atoms with van der Waals surface area (Å²) in [6.45, 7) is 5.38. The summed E-state index contributed by atoms with van der Waals surface area (Å²) in [7, 11) is 0. The van der Waals surface area contributed by atoms with E-state index in [4.69, 9.17) is 22.1 Å². The van der Waals surface area contributed by atoms with E-state index >= 15 is 0 Å². The maximum absolute atomic E-state index is 5.90. The van der Waals surface area contributed by atoms with Crippen molar-refractivity contribution in [1.29, 1.82) is 0 Å². The third-order valence-electron chi connectivity index (χ3n) is 3.19. The fourth-order valence-corrected chi connectivity index (χ4v) is 2.44. The highest BCUT2D eigenvalue weighted by Gasteiger charge is 2.24. The van der Waals surface area contributed by atoms with E-state index < -0.39 is 0 Å². The SMILES string of the molecule is CC1CN(C(CN)c2ccc(Cl)cc2)CCO1. The summed E-state index contributed by atoms with van der Waals surface area (Å²) in [5.74, 6) is 0. The summed E-state index contributed by atoms with van der Waals surface area (Å²) >= 11 is 5.90. The predicted octanol–water partition coefficient (Wildman–Crippen LogP) is 2.06. The molecule has 1 aromatic rings. The largest absolute Gasteiger partial charge is 0.376 e. The molecule has 0 aliphatic carbocycles. The number of morpholine rings is 1. The van der Waals surface area contributed by atoms with Crippen molar-refractivity contribution in [3.8, 4) is 0 Å². The van der Waals surface area contributed by atoms with Crippen LogP contribution in [0.5, 0.6) is 0 Å². The van der Waals surface area contributed by atoms with E-state index in [2.05, 4.69) is 24.0 Å². The minimum Gasteiger partial charge on any atom is -0.376 e. The van der Waals surface area contributed by atoms with Gasteiger partial charge in [-0.05, 0) is 24.6 Å². The second kappa shape index (κ2) is 5.83. The van der Waals surface area contributed by atoms with Crippen LogP contribution in [0, 0.1) is 0 Å². The minimum absolute atomic E-state index is 0.263. The van der Waals surface area contributed by atoms with Gasteiger partial charge in [0.25, 0.3) is 0 Å². The number of hydrogen-bond acceptors (Lipinski definition) is 3. The fraction of sp³-hybridized carbons (Fsp3) is 0.538. The molecule has 17 heavy (non-hydrogen) atoms. The van der Waals surface area contributed by atoms with Crippen molar-refractivity contribution >= 4 is 11.6 Å². The Kier molecular flexibility index (Phi) is 4.40. The molecule has 2 N–H and O–H groups in total. The van der Waals surface area contributed by atoms with Crippen LogP contribution in [0.15, 0.2) is 24.3 Å². The fourth-order valence-electron chi connectivity index (χ4n) is 2.31. The summed E-state index contributed by atoms with van der Waals surface area (Å²) in [4.78, 5) is 2.39. The highest BCUT2D eigenvalue weighted by atomic mass is 35.5. The molecule has 1 aliphatic heterocycles. The maximum Gasteiger partial charge on any atom is 0.0674 e. The summed E-state index contributed by atoms with van der Waals surface area (Å²) in [6, 6.07) is 8.21. The standard InChI is InChI=1S/C13H19ClN2O/c1-10-9-16(6-7-17-10)13(8-15)11-2-4-12(14)5-3-11/h2-5,10,13H,6-9,15H2,1H3. The molecule has 94 valence electrons. The van der Waals surface area contributed by atoms with Crippen LogP contribution in [-0.2, 0) is 4.74 Å². The molecular formula is C13H19ClN2O. The molecule has 0 bridgehead atoms. The monoisotopic (exact) mass is 254 g/mol. The first-order valence-corrected chi connectivity index (χ1v) is 6.39. The molecule has 0 radical (unpaired) electrons. The molecule has 1 heterocycles. The average molecular weight is 255 g/mol. The van der Waals surface area contributed by atoms with Gasteiger partial charge >= 0.3 is 0 Å². The van der Waals surface area contributed by atoms with Crippen molar-refractivity contribution < 1.29 is 4.74 Å². The van der Waals surface area contributed by atoms with Crippen molar-refractivity contribution in [2.75, 3.05) is 26.2 Å². The van der Waals surface area contributed by atoms with Crippen LogP contribution in [0.25, 0.3) is 0 Å². The van der Waals surface area contributed by atoms with Gasteiger partial charge in [-0.2, -0.15) is 0 Å². The first kappa shape index (κ1) is 12.8. The van der Waals surface area contributed by atoms with Gasteiger partial charge in [0, 0.05) is 30.7 Å². The minimum atomic E-state index is 0.263. The third-order valence-corrected chi connectivity index (χ3v) is 3.44. The first-order valence-electron chi connectivity index (χ1n) is 6.02. The first-order chi connectivity index (χ1) is 8.20. The smallest absolute Gasteiger partial charge is 0.0674 e. The van der Waals surface area contributed by atoms with Gasteiger partial charge in [-0.25, -0.2) is 0 Å². The van der Waals surface area contributed by atoms with Gasteiger partial charge in [-0.15, -0.1) is 0 Å². The van der Waals surface area contributed by atoms with Crippen LogP contribution in [-0.4, -0.2) is 37.2 Å². The maximum atomic E-state index is 5.90. The Labute approximate surface area is 107 Å². The van der Waals surface area contributed by atoms with Crippen LogP contribution >= 0.6 is 11.6 Å². The third kappa shape index (κ3) is 3.19. The van der Waals surface area contributed by atoms with E-state index in [1.54, 1.807) is 0 Å². The number of rotatable bonds is 3. The van der Waals surface area contributed by atoms with Gasteiger partial charge in [-0.1, -0.05) is 23.7 Å². The zero-order valence-corrected chi connectivity index (χ0v) is 10.9. The van der Waals surface area contributed by atoms with Gasteiger partial charge in [0.1, 0.15) is 0 Å². The Hall–Kier alpha value is -0.610. The van der Waals surface area contributed by atoms with E-state index in [0.717, 1.165) is 24.7 Å². The highest BCUT2D eigenvalue weighted by Crippen LogP contribution is 2.23. The molecule has 3 nitrogen and oxygen atoms in total. The zero-order chi connectivity index (χ0) is 12.3. The second-order valence-corrected chi connectivity index (χ2v) is 4.92. The molecular weight excluding hydrogens is 236 g/mol. The van der Waals surface area contributed by atoms with Gasteiger partial charge < -0.3 is 10.5 Å². The summed E-state index contributed by atoms with van der Waals surface area (Å²) in [5.41, 5.74) is 7.13. The molecule has 0 amide bonds. The van der Waals surface area contributed by atoms with Gasteiger partial charge in [0.15, 0.2) is 0 Å². The molecule has 1 aromatic carbocycles. The quantitative estimate of drug-likeness (QED) is 0.898. The van der Waals surface area contributed by atoms with Gasteiger partial charge in [0.2, 0.25) is 0 Å².